The molecule has 2 atom stereocenters. The third-order valence-electron chi connectivity index (χ3n) is 2.47. The molecular formula is C12H18ClOPS2. The Balaban J connectivity index is 2.69. The third kappa shape index (κ3) is 4.92. The summed E-state index contributed by atoms with van der Waals surface area (Å²) in [5.41, 5.74) is -2.54. The Hall–Kier alpha value is 0.470. The second-order valence-electron chi connectivity index (χ2n) is 4.16. The molecular weight excluding hydrogens is 291 g/mol. The highest BCUT2D eigenvalue weighted by Crippen LogP contribution is 2.55. The zero-order chi connectivity index (χ0) is 12.9. The summed E-state index contributed by atoms with van der Waals surface area (Å²) in [6.07, 6.45) is 2.34. The van der Waals surface area contributed by atoms with Gasteiger partial charge in [0, 0.05) is 11.1 Å². The van der Waals surface area contributed by atoms with Crippen LogP contribution in [-0.4, -0.2) is 10.6 Å². The molecule has 5 heteroatoms. The number of hydrogen-bond acceptors (Lipinski definition) is 2. The summed E-state index contributed by atoms with van der Waals surface area (Å²) in [5.74, 6) is 1.48. The average Bonchev–Trinajstić information content (AvgIpc) is 2.27. The number of rotatable bonds is 6. The van der Waals surface area contributed by atoms with Gasteiger partial charge in [-0.05, 0) is 18.1 Å². The molecule has 0 saturated carbocycles. The number of halogens is 1. The standard InChI is InChI=1S/C12H18ClOPS2/c1-3-6-10(2)9-17-15(14,16)12-8-5-4-7-11(12)13/h4-5,7-8,10H,3,6,9H2,1-2H3,(H,14,16). The van der Waals surface area contributed by atoms with Crippen molar-refractivity contribution in [2.75, 3.05) is 5.75 Å². The van der Waals surface area contributed by atoms with E-state index in [1.807, 2.05) is 18.2 Å². The molecule has 1 rings (SSSR count). The lowest BCUT2D eigenvalue weighted by Gasteiger charge is -2.18. The summed E-state index contributed by atoms with van der Waals surface area (Å²) < 4.78 is 0. The Bertz CT molecular complexity index is 411. The molecule has 17 heavy (non-hydrogen) atoms. The SMILES string of the molecule is CCCC(C)CSP(O)(=S)c1ccccc1Cl. The minimum absolute atomic E-state index is 0.578. The molecule has 0 amide bonds. The van der Waals surface area contributed by atoms with Gasteiger partial charge in [-0.1, -0.05) is 73.6 Å². The molecule has 0 spiro atoms. The number of benzene rings is 1. The molecule has 0 radical (unpaired) electrons. The van der Waals surface area contributed by atoms with Gasteiger partial charge in [-0.25, -0.2) is 0 Å². The quantitative estimate of drug-likeness (QED) is 0.785. The van der Waals surface area contributed by atoms with Crippen molar-refractivity contribution in [3.63, 3.8) is 0 Å². The van der Waals surface area contributed by atoms with Gasteiger partial charge in [0.05, 0.1) is 5.02 Å². The van der Waals surface area contributed by atoms with E-state index in [0.29, 0.717) is 10.9 Å². The molecule has 0 saturated heterocycles. The minimum atomic E-state index is -2.54. The van der Waals surface area contributed by atoms with Crippen LogP contribution >= 0.6 is 28.4 Å². The van der Waals surface area contributed by atoms with Crippen LogP contribution in [0.15, 0.2) is 24.3 Å². The van der Waals surface area contributed by atoms with Crippen molar-refractivity contribution in [1.29, 1.82) is 0 Å². The second kappa shape index (κ2) is 7.16. The first-order valence-corrected chi connectivity index (χ1v) is 10.4. The highest BCUT2D eigenvalue weighted by atomic mass is 35.5. The zero-order valence-electron chi connectivity index (χ0n) is 10.1. The van der Waals surface area contributed by atoms with E-state index in [1.54, 1.807) is 6.07 Å². The van der Waals surface area contributed by atoms with Crippen LogP contribution in [0.4, 0.5) is 0 Å². The first kappa shape index (κ1) is 15.5. The molecule has 1 aromatic rings. The predicted octanol–water partition coefficient (Wildman–Crippen LogP) is 4.44. The lowest BCUT2D eigenvalue weighted by atomic mass is 10.1. The van der Waals surface area contributed by atoms with E-state index in [9.17, 15) is 4.89 Å². The van der Waals surface area contributed by atoms with Gasteiger partial charge in [-0.2, -0.15) is 0 Å². The monoisotopic (exact) mass is 308 g/mol. The molecule has 96 valence electrons. The lowest BCUT2D eigenvalue weighted by molar-refractivity contribution is 0.585. The van der Waals surface area contributed by atoms with Crippen molar-refractivity contribution in [2.45, 2.75) is 26.7 Å². The fraction of sp³-hybridized carbons (Fsp3) is 0.500. The van der Waals surface area contributed by atoms with E-state index < -0.39 is 5.47 Å². The largest absolute Gasteiger partial charge is 0.354 e. The van der Waals surface area contributed by atoms with Gasteiger partial charge in [0.25, 0.3) is 0 Å². The average molecular weight is 309 g/mol. The van der Waals surface area contributed by atoms with Gasteiger partial charge in [0.15, 0.2) is 0 Å². The lowest BCUT2D eigenvalue weighted by Crippen LogP contribution is -2.05. The van der Waals surface area contributed by atoms with Gasteiger partial charge in [0.1, 0.15) is 5.47 Å². The van der Waals surface area contributed by atoms with E-state index in [-0.39, 0.29) is 0 Å². The fourth-order valence-corrected chi connectivity index (χ4v) is 7.03. The Morgan fingerprint density at radius 3 is 2.71 bits per heavy atom. The molecule has 0 aromatic heterocycles. The van der Waals surface area contributed by atoms with E-state index in [1.165, 1.54) is 24.2 Å². The topological polar surface area (TPSA) is 20.2 Å². The van der Waals surface area contributed by atoms with Crippen molar-refractivity contribution < 1.29 is 4.89 Å². The van der Waals surface area contributed by atoms with Crippen LogP contribution < -0.4 is 5.30 Å². The van der Waals surface area contributed by atoms with Crippen LogP contribution in [0, 0.1) is 5.92 Å². The van der Waals surface area contributed by atoms with Crippen LogP contribution in [0.1, 0.15) is 26.7 Å². The normalized spacial score (nSPS) is 16.5. The Labute approximate surface area is 118 Å². The van der Waals surface area contributed by atoms with E-state index in [0.717, 1.165) is 11.1 Å². The van der Waals surface area contributed by atoms with Crippen molar-refractivity contribution in [3.8, 4) is 0 Å². The summed E-state index contributed by atoms with van der Waals surface area (Å²) in [4.78, 5) is 10.4. The maximum Gasteiger partial charge on any atom is 0.147 e. The Morgan fingerprint density at radius 2 is 2.12 bits per heavy atom. The first-order chi connectivity index (χ1) is 7.97. The fourth-order valence-electron chi connectivity index (χ4n) is 1.55. The molecule has 0 aliphatic rings. The third-order valence-corrected chi connectivity index (χ3v) is 8.63. The molecule has 0 heterocycles. The number of hydrogen-bond donors (Lipinski definition) is 1. The molecule has 1 aromatic carbocycles. The van der Waals surface area contributed by atoms with Gasteiger partial charge >= 0.3 is 0 Å². The summed E-state index contributed by atoms with van der Waals surface area (Å²) >= 11 is 12.9. The maximum atomic E-state index is 10.4. The van der Waals surface area contributed by atoms with Crippen LogP contribution in [0.25, 0.3) is 0 Å². The summed E-state index contributed by atoms with van der Waals surface area (Å²) in [6, 6.07) is 7.34. The van der Waals surface area contributed by atoms with Crippen LogP contribution in [0.2, 0.25) is 5.02 Å². The van der Waals surface area contributed by atoms with Crippen LogP contribution in [0.5, 0.6) is 0 Å². The Kier molecular flexibility index (Phi) is 6.54. The van der Waals surface area contributed by atoms with E-state index in [4.69, 9.17) is 23.4 Å². The van der Waals surface area contributed by atoms with Crippen molar-refractivity contribution >= 4 is 45.6 Å². The molecule has 0 aliphatic heterocycles. The summed E-state index contributed by atoms with van der Waals surface area (Å²) in [5, 5.41) is 1.30. The van der Waals surface area contributed by atoms with Crippen LogP contribution in [-0.2, 0) is 11.8 Å². The zero-order valence-corrected chi connectivity index (χ0v) is 13.4. The van der Waals surface area contributed by atoms with Gasteiger partial charge in [-0.3, -0.25) is 0 Å². The molecule has 2 unspecified atom stereocenters. The molecule has 0 fully saturated rings. The molecule has 1 N–H and O–H groups in total. The van der Waals surface area contributed by atoms with Crippen molar-refractivity contribution in [2.24, 2.45) is 5.92 Å². The van der Waals surface area contributed by atoms with Gasteiger partial charge in [-0.15, -0.1) is 0 Å². The highest BCUT2D eigenvalue weighted by Gasteiger charge is 2.20. The summed E-state index contributed by atoms with van der Waals surface area (Å²) in [6.45, 7) is 4.36. The maximum absolute atomic E-state index is 10.4. The van der Waals surface area contributed by atoms with Gasteiger partial charge in [0.2, 0.25) is 0 Å². The smallest absolute Gasteiger partial charge is 0.147 e. The highest BCUT2D eigenvalue weighted by molar-refractivity contribution is 8.71. The van der Waals surface area contributed by atoms with Crippen molar-refractivity contribution in [1.82, 2.24) is 0 Å². The Morgan fingerprint density at radius 1 is 1.47 bits per heavy atom. The van der Waals surface area contributed by atoms with E-state index in [2.05, 4.69) is 13.8 Å². The van der Waals surface area contributed by atoms with Crippen molar-refractivity contribution in [3.05, 3.63) is 29.3 Å². The van der Waals surface area contributed by atoms with E-state index >= 15 is 0 Å². The summed E-state index contributed by atoms with van der Waals surface area (Å²) in [7, 11) is 0. The minimum Gasteiger partial charge on any atom is -0.354 e. The molecule has 0 aliphatic carbocycles. The predicted molar refractivity (Wildman–Crippen MR) is 84.1 cm³/mol. The van der Waals surface area contributed by atoms with Crippen LogP contribution in [0.3, 0.4) is 0 Å². The van der Waals surface area contributed by atoms with Gasteiger partial charge < -0.3 is 4.89 Å². The first-order valence-electron chi connectivity index (χ1n) is 5.69. The second-order valence-corrected chi connectivity index (χ2v) is 11.3. The molecule has 0 bridgehead atoms. The molecule has 1 nitrogen and oxygen atoms in total.